The van der Waals surface area contributed by atoms with Crippen LogP contribution in [0.25, 0.3) is 0 Å². The van der Waals surface area contributed by atoms with Crippen LogP contribution in [0.4, 0.5) is 0 Å². The molecule has 0 aliphatic carbocycles. The summed E-state index contributed by atoms with van der Waals surface area (Å²) in [6.07, 6.45) is 8.39. The first-order valence-corrected chi connectivity index (χ1v) is 9.04. The second-order valence-electron chi connectivity index (χ2n) is 6.15. The summed E-state index contributed by atoms with van der Waals surface area (Å²) < 4.78 is 5.63. The third kappa shape index (κ3) is 6.74. The van der Waals surface area contributed by atoms with Crippen molar-refractivity contribution in [1.82, 2.24) is 20.5 Å². The fourth-order valence-electron chi connectivity index (χ4n) is 2.84. The van der Waals surface area contributed by atoms with E-state index in [1.807, 2.05) is 19.2 Å². The van der Waals surface area contributed by atoms with Crippen LogP contribution < -0.4 is 15.4 Å². The number of pyridine rings is 1. The van der Waals surface area contributed by atoms with Crippen LogP contribution in [0.2, 0.25) is 0 Å². The predicted octanol–water partition coefficient (Wildman–Crippen LogP) is 1.89. The maximum absolute atomic E-state index is 5.63. The Morgan fingerprint density at radius 1 is 1.42 bits per heavy atom. The second-order valence-corrected chi connectivity index (χ2v) is 6.15. The van der Waals surface area contributed by atoms with Gasteiger partial charge in [0.2, 0.25) is 0 Å². The van der Waals surface area contributed by atoms with Gasteiger partial charge in [-0.1, -0.05) is 13.3 Å². The summed E-state index contributed by atoms with van der Waals surface area (Å²) in [6, 6.07) is 4.29. The van der Waals surface area contributed by atoms with E-state index in [1.165, 1.54) is 45.3 Å². The molecule has 1 aromatic heterocycles. The molecule has 0 amide bonds. The normalized spacial score (nSPS) is 16.8. The first-order chi connectivity index (χ1) is 11.8. The van der Waals surface area contributed by atoms with E-state index in [2.05, 4.69) is 32.4 Å². The number of aliphatic imine (C=N–C) groups is 1. The Morgan fingerprint density at radius 2 is 2.25 bits per heavy atom. The minimum Gasteiger partial charge on any atom is -0.490 e. The van der Waals surface area contributed by atoms with Crippen LogP contribution in [-0.2, 0) is 0 Å². The molecule has 6 nitrogen and oxygen atoms in total. The highest BCUT2D eigenvalue weighted by Crippen LogP contribution is 2.11. The number of nitrogens with one attached hydrogen (secondary N) is 2. The number of aromatic nitrogens is 1. The van der Waals surface area contributed by atoms with Gasteiger partial charge >= 0.3 is 0 Å². The molecule has 134 valence electrons. The molecule has 2 N–H and O–H groups in total. The molecule has 1 saturated heterocycles. The summed E-state index contributed by atoms with van der Waals surface area (Å²) in [4.78, 5) is 10.9. The number of unbranched alkanes of at least 4 members (excludes halogenated alkanes) is 1. The number of nitrogens with zero attached hydrogens (tertiary/aromatic N) is 3. The standard InChI is InChI=1S/C18H31N5O/c1-3-4-11-23-12-7-16(8-13-23)22-18(19-2)21-10-14-24-17-6-5-9-20-15-17/h5-6,9,15-16H,3-4,7-8,10-14H2,1-2H3,(H2,19,21,22). The molecule has 0 atom stereocenters. The van der Waals surface area contributed by atoms with E-state index in [0.29, 0.717) is 19.2 Å². The van der Waals surface area contributed by atoms with Gasteiger partial charge in [-0.3, -0.25) is 9.98 Å². The molecule has 24 heavy (non-hydrogen) atoms. The zero-order chi connectivity index (χ0) is 17.0. The highest BCUT2D eigenvalue weighted by Gasteiger charge is 2.19. The van der Waals surface area contributed by atoms with Crippen molar-refractivity contribution in [2.75, 3.05) is 39.8 Å². The van der Waals surface area contributed by atoms with Crippen molar-refractivity contribution in [3.63, 3.8) is 0 Å². The fourth-order valence-corrected chi connectivity index (χ4v) is 2.84. The molecule has 6 heteroatoms. The number of hydrogen-bond donors (Lipinski definition) is 2. The summed E-state index contributed by atoms with van der Waals surface area (Å²) in [5.41, 5.74) is 0. The number of likely N-dealkylation sites (tertiary alicyclic amines) is 1. The largest absolute Gasteiger partial charge is 0.490 e. The van der Waals surface area contributed by atoms with Crippen molar-refractivity contribution in [3.05, 3.63) is 24.5 Å². The Balaban J connectivity index is 1.61. The molecular formula is C18H31N5O. The van der Waals surface area contributed by atoms with Gasteiger partial charge in [0.1, 0.15) is 12.4 Å². The maximum Gasteiger partial charge on any atom is 0.191 e. The SMILES string of the molecule is CCCCN1CCC(NC(=NC)NCCOc2cccnc2)CC1. The Morgan fingerprint density at radius 3 is 2.92 bits per heavy atom. The Labute approximate surface area is 145 Å². The number of ether oxygens (including phenoxy) is 1. The van der Waals surface area contributed by atoms with Gasteiger partial charge in [0.15, 0.2) is 5.96 Å². The summed E-state index contributed by atoms with van der Waals surface area (Å²) in [7, 11) is 1.81. The molecule has 1 aromatic rings. The third-order valence-electron chi connectivity index (χ3n) is 4.28. The molecular weight excluding hydrogens is 302 g/mol. The summed E-state index contributed by atoms with van der Waals surface area (Å²) in [5.74, 6) is 1.65. The first kappa shape index (κ1) is 18.5. The van der Waals surface area contributed by atoms with Crippen LogP contribution in [-0.4, -0.2) is 61.7 Å². The zero-order valence-electron chi connectivity index (χ0n) is 15.0. The van der Waals surface area contributed by atoms with Gasteiger partial charge in [-0.2, -0.15) is 0 Å². The van der Waals surface area contributed by atoms with Crippen molar-refractivity contribution in [3.8, 4) is 5.75 Å². The smallest absolute Gasteiger partial charge is 0.191 e. The Kier molecular flexibility index (Phi) is 8.38. The summed E-state index contributed by atoms with van der Waals surface area (Å²) in [5, 5.41) is 6.84. The molecule has 2 heterocycles. The molecule has 0 spiro atoms. The quantitative estimate of drug-likeness (QED) is 0.432. The molecule has 2 rings (SSSR count). The molecule has 0 radical (unpaired) electrons. The fraction of sp³-hybridized carbons (Fsp3) is 0.667. The first-order valence-electron chi connectivity index (χ1n) is 9.04. The van der Waals surface area contributed by atoms with Crippen molar-refractivity contribution in [2.24, 2.45) is 4.99 Å². The van der Waals surface area contributed by atoms with E-state index in [-0.39, 0.29) is 0 Å². The lowest BCUT2D eigenvalue weighted by Gasteiger charge is -2.33. The van der Waals surface area contributed by atoms with E-state index in [4.69, 9.17) is 4.74 Å². The maximum atomic E-state index is 5.63. The summed E-state index contributed by atoms with van der Waals surface area (Å²) >= 11 is 0. The van der Waals surface area contributed by atoms with Crippen molar-refractivity contribution in [2.45, 2.75) is 38.6 Å². The Hall–Kier alpha value is -1.82. The number of hydrogen-bond acceptors (Lipinski definition) is 4. The summed E-state index contributed by atoms with van der Waals surface area (Å²) in [6.45, 7) is 7.15. The molecule has 0 saturated carbocycles. The number of guanidine groups is 1. The second kappa shape index (κ2) is 10.9. The van der Waals surface area contributed by atoms with Crippen LogP contribution in [0.1, 0.15) is 32.6 Å². The van der Waals surface area contributed by atoms with E-state index in [0.717, 1.165) is 11.7 Å². The van der Waals surface area contributed by atoms with Crippen molar-refractivity contribution < 1.29 is 4.74 Å². The predicted molar refractivity (Wildman–Crippen MR) is 98.6 cm³/mol. The van der Waals surface area contributed by atoms with E-state index in [1.54, 1.807) is 12.4 Å². The third-order valence-corrected chi connectivity index (χ3v) is 4.28. The van der Waals surface area contributed by atoms with Gasteiger partial charge < -0.3 is 20.3 Å². The molecule has 0 aromatic carbocycles. The van der Waals surface area contributed by atoms with Gasteiger partial charge in [-0.15, -0.1) is 0 Å². The van der Waals surface area contributed by atoms with Crippen LogP contribution in [0.15, 0.2) is 29.5 Å². The van der Waals surface area contributed by atoms with Gasteiger partial charge in [-0.05, 0) is 37.9 Å². The van der Waals surface area contributed by atoms with Gasteiger partial charge in [0.25, 0.3) is 0 Å². The van der Waals surface area contributed by atoms with Gasteiger partial charge in [-0.25, -0.2) is 0 Å². The number of rotatable bonds is 8. The highest BCUT2D eigenvalue weighted by molar-refractivity contribution is 5.79. The monoisotopic (exact) mass is 333 g/mol. The molecule has 1 fully saturated rings. The van der Waals surface area contributed by atoms with Crippen LogP contribution >= 0.6 is 0 Å². The lowest BCUT2D eigenvalue weighted by atomic mass is 10.0. The Bertz CT molecular complexity index is 472. The van der Waals surface area contributed by atoms with E-state index >= 15 is 0 Å². The lowest BCUT2D eigenvalue weighted by Crippen LogP contribution is -2.49. The average Bonchev–Trinajstić information content (AvgIpc) is 2.64. The topological polar surface area (TPSA) is 61.8 Å². The van der Waals surface area contributed by atoms with Crippen LogP contribution in [0, 0.1) is 0 Å². The molecule has 0 unspecified atom stereocenters. The molecule has 1 aliphatic heterocycles. The minimum atomic E-state index is 0.508. The molecule has 0 bridgehead atoms. The van der Waals surface area contributed by atoms with Crippen molar-refractivity contribution >= 4 is 5.96 Å². The van der Waals surface area contributed by atoms with E-state index < -0.39 is 0 Å². The lowest BCUT2D eigenvalue weighted by molar-refractivity contribution is 0.203. The van der Waals surface area contributed by atoms with Gasteiger partial charge in [0.05, 0.1) is 12.7 Å². The zero-order valence-corrected chi connectivity index (χ0v) is 15.0. The van der Waals surface area contributed by atoms with Crippen molar-refractivity contribution in [1.29, 1.82) is 0 Å². The van der Waals surface area contributed by atoms with Crippen LogP contribution in [0.5, 0.6) is 5.75 Å². The number of piperidine rings is 1. The van der Waals surface area contributed by atoms with Crippen LogP contribution in [0.3, 0.4) is 0 Å². The van der Waals surface area contributed by atoms with Gasteiger partial charge in [0, 0.05) is 32.4 Å². The average molecular weight is 333 g/mol. The highest BCUT2D eigenvalue weighted by atomic mass is 16.5. The minimum absolute atomic E-state index is 0.508. The van der Waals surface area contributed by atoms with E-state index in [9.17, 15) is 0 Å². The molecule has 1 aliphatic rings.